The van der Waals surface area contributed by atoms with E-state index in [0.29, 0.717) is 0 Å². The lowest BCUT2D eigenvalue weighted by atomic mass is 10.2. The van der Waals surface area contributed by atoms with Crippen molar-refractivity contribution in [2.75, 3.05) is 23.7 Å². The number of benzene rings is 2. The standard InChI is InChI=1S/C29H40N12/c1-5-38-22-32-40(7-3)28(38)36-34-26-16-12-24(13-17-26)30-20-10-9-11-21-31-25-14-18-27(19-15-25)35-37-29-39(6-2)23-33-41(29)8-4/h12-19,22-23H,5-11,20-21H2,1-4H3/p+2. The third-order valence-corrected chi connectivity index (χ3v) is 6.67. The summed E-state index contributed by atoms with van der Waals surface area (Å²) in [6.07, 6.45) is 6.93. The van der Waals surface area contributed by atoms with E-state index in [4.69, 9.17) is 0 Å². The van der Waals surface area contributed by atoms with Crippen LogP contribution in [-0.2, 0) is 26.2 Å². The largest absolute Gasteiger partial charge is 0.403 e. The summed E-state index contributed by atoms with van der Waals surface area (Å²) >= 11 is 0. The van der Waals surface area contributed by atoms with Crippen molar-refractivity contribution < 1.29 is 9.13 Å². The maximum absolute atomic E-state index is 4.42. The van der Waals surface area contributed by atoms with Crippen LogP contribution in [0.1, 0.15) is 47.0 Å². The summed E-state index contributed by atoms with van der Waals surface area (Å²) in [5.41, 5.74) is 3.81. The van der Waals surface area contributed by atoms with Crippen LogP contribution in [-0.4, -0.2) is 32.7 Å². The van der Waals surface area contributed by atoms with Crippen LogP contribution in [0.15, 0.2) is 81.6 Å². The van der Waals surface area contributed by atoms with Crippen molar-refractivity contribution in [2.45, 2.75) is 73.1 Å². The smallest absolute Gasteiger partial charge is 0.385 e. The number of hydrogen-bond acceptors (Lipinski definition) is 8. The Labute approximate surface area is 241 Å². The second-order valence-corrected chi connectivity index (χ2v) is 9.47. The maximum Gasteiger partial charge on any atom is 0.403 e. The number of aryl methyl sites for hydroxylation is 4. The van der Waals surface area contributed by atoms with E-state index in [1.54, 1.807) is 12.7 Å². The van der Waals surface area contributed by atoms with E-state index >= 15 is 0 Å². The molecule has 2 aromatic heterocycles. The molecule has 0 aliphatic carbocycles. The van der Waals surface area contributed by atoms with Gasteiger partial charge >= 0.3 is 11.9 Å². The van der Waals surface area contributed by atoms with E-state index in [9.17, 15) is 0 Å². The molecule has 0 saturated heterocycles. The monoisotopic (exact) mass is 558 g/mol. The van der Waals surface area contributed by atoms with Crippen LogP contribution in [0, 0.1) is 0 Å². The molecule has 2 aromatic carbocycles. The fourth-order valence-electron chi connectivity index (χ4n) is 4.25. The highest BCUT2D eigenvalue weighted by Crippen LogP contribution is 2.20. The lowest BCUT2D eigenvalue weighted by Crippen LogP contribution is -2.30. The molecule has 0 bridgehead atoms. The first kappa shape index (κ1) is 29.5. The maximum atomic E-state index is 4.42. The second-order valence-electron chi connectivity index (χ2n) is 9.47. The third kappa shape index (κ3) is 8.26. The van der Waals surface area contributed by atoms with E-state index in [1.165, 1.54) is 0 Å². The Balaban J connectivity index is 1.13. The minimum atomic E-state index is 0.756. The molecule has 0 radical (unpaired) electrons. The number of unbranched alkanes of at least 4 members (excludes halogenated alkanes) is 2. The van der Waals surface area contributed by atoms with E-state index < -0.39 is 0 Å². The average Bonchev–Trinajstić information content (AvgIpc) is 3.62. The number of aromatic nitrogens is 6. The van der Waals surface area contributed by atoms with Gasteiger partial charge in [0.15, 0.2) is 0 Å². The number of nitrogens with zero attached hydrogens (tertiary/aromatic N) is 10. The molecule has 0 unspecified atom stereocenters. The van der Waals surface area contributed by atoms with E-state index in [1.807, 2.05) is 80.9 Å². The van der Waals surface area contributed by atoms with Gasteiger partial charge in [0.05, 0.1) is 37.6 Å². The van der Waals surface area contributed by atoms with Crippen molar-refractivity contribution in [3.05, 3.63) is 61.2 Å². The zero-order valence-electron chi connectivity index (χ0n) is 24.6. The Kier molecular flexibility index (Phi) is 11.0. The molecule has 0 amide bonds. The van der Waals surface area contributed by atoms with Crippen molar-refractivity contribution in [3.63, 3.8) is 0 Å². The molecule has 4 rings (SSSR count). The minimum Gasteiger partial charge on any atom is -0.385 e. The van der Waals surface area contributed by atoms with Gasteiger partial charge in [-0.2, -0.15) is 0 Å². The number of rotatable bonds is 16. The van der Waals surface area contributed by atoms with Gasteiger partial charge in [-0.25, -0.2) is 9.13 Å². The zero-order chi connectivity index (χ0) is 28.9. The highest BCUT2D eigenvalue weighted by Gasteiger charge is 2.16. The fraction of sp³-hybridized carbons (Fsp3) is 0.448. The van der Waals surface area contributed by atoms with E-state index in [2.05, 4.69) is 55.1 Å². The van der Waals surface area contributed by atoms with Crippen LogP contribution in [0.4, 0.5) is 34.6 Å². The van der Waals surface area contributed by atoms with Crippen molar-refractivity contribution in [3.8, 4) is 0 Å². The molecule has 2 N–H and O–H groups in total. The predicted octanol–water partition coefficient (Wildman–Crippen LogP) is 6.26. The quantitative estimate of drug-likeness (QED) is 0.0959. The van der Waals surface area contributed by atoms with Gasteiger partial charge in [0, 0.05) is 34.7 Å². The number of anilines is 2. The van der Waals surface area contributed by atoms with Gasteiger partial charge in [0.2, 0.25) is 12.7 Å². The topological polar surface area (TPSA) is 117 Å². The molecule has 41 heavy (non-hydrogen) atoms. The van der Waals surface area contributed by atoms with Crippen molar-refractivity contribution in [1.29, 1.82) is 0 Å². The van der Waals surface area contributed by atoms with Gasteiger partial charge in [-0.05, 0) is 106 Å². The summed E-state index contributed by atoms with van der Waals surface area (Å²) in [7, 11) is 0. The number of nitrogens with one attached hydrogen (secondary N) is 2. The molecule has 0 saturated carbocycles. The summed E-state index contributed by atoms with van der Waals surface area (Å²) in [6.45, 7) is 13.2. The van der Waals surface area contributed by atoms with Crippen LogP contribution >= 0.6 is 0 Å². The van der Waals surface area contributed by atoms with Crippen LogP contribution in [0.3, 0.4) is 0 Å². The van der Waals surface area contributed by atoms with Crippen molar-refractivity contribution >= 4 is 34.6 Å². The van der Waals surface area contributed by atoms with Crippen LogP contribution in [0.2, 0.25) is 0 Å². The molecule has 216 valence electrons. The molecular formula is C29H42N12+2. The Hall–Kier alpha value is -4.48. The van der Waals surface area contributed by atoms with Crippen molar-refractivity contribution in [2.24, 2.45) is 20.5 Å². The van der Waals surface area contributed by atoms with Crippen LogP contribution in [0.5, 0.6) is 0 Å². The fourth-order valence-corrected chi connectivity index (χ4v) is 4.25. The molecule has 0 fully saturated rings. The second kappa shape index (κ2) is 15.3. The Morgan fingerprint density at radius 3 is 1.37 bits per heavy atom. The molecule has 0 aliphatic rings. The highest BCUT2D eigenvalue weighted by atomic mass is 15.4. The number of hydrogen-bond donors (Lipinski definition) is 2. The molecule has 12 heteroatoms. The van der Waals surface area contributed by atoms with E-state index in [0.717, 1.165) is 93.2 Å². The molecule has 0 atom stereocenters. The average molecular weight is 559 g/mol. The van der Waals surface area contributed by atoms with Crippen molar-refractivity contribution in [1.82, 2.24) is 19.6 Å². The SMILES string of the molecule is CCn1nc[n+](CC)c1N=Nc1ccc(NCCCCCNc2ccc(N=Nc3n(CC)nc[n+]3CC)cc2)cc1. The molecule has 0 spiro atoms. The minimum absolute atomic E-state index is 0.756. The van der Waals surface area contributed by atoms with Crippen LogP contribution < -0.4 is 19.8 Å². The van der Waals surface area contributed by atoms with Gasteiger partial charge in [-0.15, -0.1) is 9.36 Å². The predicted molar refractivity (Wildman–Crippen MR) is 160 cm³/mol. The van der Waals surface area contributed by atoms with Crippen LogP contribution in [0.25, 0.3) is 0 Å². The van der Waals surface area contributed by atoms with Gasteiger partial charge in [0.1, 0.15) is 0 Å². The summed E-state index contributed by atoms with van der Waals surface area (Å²) in [4.78, 5) is 0. The first-order valence-electron chi connectivity index (χ1n) is 14.6. The summed E-state index contributed by atoms with van der Waals surface area (Å²) in [5, 5.41) is 33.3. The van der Waals surface area contributed by atoms with Gasteiger partial charge in [-0.1, -0.05) is 10.2 Å². The first-order chi connectivity index (χ1) is 20.1. The summed E-state index contributed by atoms with van der Waals surface area (Å²) < 4.78 is 7.65. The highest BCUT2D eigenvalue weighted by molar-refractivity contribution is 5.51. The molecule has 2 heterocycles. The third-order valence-electron chi connectivity index (χ3n) is 6.67. The Morgan fingerprint density at radius 1 is 0.585 bits per heavy atom. The van der Waals surface area contributed by atoms with Gasteiger partial charge in [0.25, 0.3) is 0 Å². The normalized spacial score (nSPS) is 11.6. The Bertz CT molecular complexity index is 1250. The lowest BCUT2D eigenvalue weighted by molar-refractivity contribution is -0.681. The molecular weight excluding hydrogens is 516 g/mol. The Morgan fingerprint density at radius 2 is 1.00 bits per heavy atom. The lowest BCUT2D eigenvalue weighted by Gasteiger charge is -2.08. The van der Waals surface area contributed by atoms with Gasteiger partial charge < -0.3 is 10.6 Å². The first-order valence-corrected chi connectivity index (χ1v) is 14.6. The van der Waals surface area contributed by atoms with E-state index in [-0.39, 0.29) is 0 Å². The zero-order valence-corrected chi connectivity index (χ0v) is 24.6. The molecule has 4 aromatic rings. The van der Waals surface area contributed by atoms with Gasteiger partial charge in [-0.3, -0.25) is 0 Å². The summed E-state index contributed by atoms with van der Waals surface area (Å²) in [6, 6.07) is 16.1. The molecule has 12 nitrogen and oxygen atoms in total. The number of azo groups is 2. The molecule has 0 aliphatic heterocycles. The summed E-state index contributed by atoms with van der Waals surface area (Å²) in [5.74, 6) is 1.51.